The predicted molar refractivity (Wildman–Crippen MR) is 164 cm³/mol. The third-order valence-corrected chi connectivity index (χ3v) is 8.46. The maximum Gasteiger partial charge on any atom is 0.272 e. The first-order valence-corrected chi connectivity index (χ1v) is 14.0. The Kier molecular flexibility index (Phi) is 6.43. The number of aryl methyl sites for hydroxylation is 1. The zero-order valence-corrected chi connectivity index (χ0v) is 23.4. The highest BCUT2D eigenvalue weighted by Crippen LogP contribution is 2.47. The van der Waals surface area contributed by atoms with Crippen LogP contribution in [0.2, 0.25) is 0 Å². The molecule has 40 heavy (non-hydrogen) atoms. The Bertz CT molecular complexity index is 1780. The molecule has 1 saturated carbocycles. The van der Waals surface area contributed by atoms with Gasteiger partial charge < -0.3 is 5.32 Å². The number of rotatable bonds is 8. The van der Waals surface area contributed by atoms with Gasteiger partial charge in [0.15, 0.2) is 0 Å². The number of fused-ring (bicyclic) bond motifs is 2. The van der Waals surface area contributed by atoms with Crippen LogP contribution in [-0.2, 0) is 11.7 Å². The van der Waals surface area contributed by atoms with Crippen molar-refractivity contribution < 1.29 is 4.79 Å². The largest absolute Gasteiger partial charge is 0.348 e. The minimum atomic E-state index is -0.156. The maximum atomic E-state index is 13.2. The molecule has 1 aromatic carbocycles. The number of H-pyrrole nitrogens is 1. The summed E-state index contributed by atoms with van der Waals surface area (Å²) in [5.74, 6) is -0.108. The first-order valence-electron chi connectivity index (χ1n) is 14.0. The minimum Gasteiger partial charge on any atom is -0.348 e. The van der Waals surface area contributed by atoms with E-state index in [0.717, 1.165) is 60.0 Å². The normalized spacial score (nSPS) is 19.1. The molecule has 1 aliphatic carbocycles. The smallest absolute Gasteiger partial charge is 0.272 e. The molecule has 200 valence electrons. The van der Waals surface area contributed by atoms with Crippen LogP contribution in [-0.4, -0.2) is 64.9 Å². The van der Waals surface area contributed by atoms with Crippen LogP contribution in [0.15, 0.2) is 66.0 Å². The number of carbonyl (C=O) groups excluding carboxylic acids is 1. The highest BCUT2D eigenvalue weighted by molar-refractivity contribution is 6.56. The van der Waals surface area contributed by atoms with Crippen molar-refractivity contribution in [1.29, 1.82) is 0 Å². The van der Waals surface area contributed by atoms with Gasteiger partial charge >= 0.3 is 0 Å². The van der Waals surface area contributed by atoms with Crippen molar-refractivity contribution in [2.45, 2.75) is 50.3 Å². The van der Waals surface area contributed by atoms with Crippen LogP contribution in [0.3, 0.4) is 0 Å². The van der Waals surface area contributed by atoms with E-state index in [1.54, 1.807) is 6.20 Å². The first-order chi connectivity index (χ1) is 19.2. The summed E-state index contributed by atoms with van der Waals surface area (Å²) in [4.78, 5) is 29.9. The first kappa shape index (κ1) is 26.2. The molecule has 12 heteroatoms. The zero-order valence-electron chi connectivity index (χ0n) is 23.4. The Morgan fingerprint density at radius 1 is 1.15 bits per heavy atom. The Balaban J connectivity index is 1.11. The molecule has 0 radical (unpaired) electrons. The quantitative estimate of drug-likeness (QED) is 0.289. The average Bonchev–Trinajstić information content (AvgIpc) is 3.58. The molecule has 2 N–H and O–H groups in total. The number of hydrogen-bond donors (Lipinski definition) is 2. The molecule has 0 bridgehead atoms. The number of nitrogens with zero attached hydrogens (tertiary/aromatic N) is 5. The van der Waals surface area contributed by atoms with E-state index >= 15 is 0 Å². The minimum absolute atomic E-state index is 0.0923. The lowest BCUT2D eigenvalue weighted by atomic mass is 9.49. The summed E-state index contributed by atoms with van der Waals surface area (Å²) in [7, 11) is 6.35. The van der Waals surface area contributed by atoms with E-state index in [4.69, 9.17) is 0 Å². The molecule has 0 saturated heterocycles. The van der Waals surface area contributed by atoms with Gasteiger partial charge in [0.25, 0.3) is 11.5 Å². The number of amides is 1. The molecule has 6 rings (SSSR count). The second-order valence-electron chi connectivity index (χ2n) is 12.1. The van der Waals surface area contributed by atoms with E-state index in [9.17, 15) is 9.59 Å². The summed E-state index contributed by atoms with van der Waals surface area (Å²) in [6.07, 6.45) is 12.1. The van der Waals surface area contributed by atoms with Gasteiger partial charge in [-0.1, -0.05) is 31.5 Å². The molecule has 1 aliphatic rings. The third-order valence-electron chi connectivity index (χ3n) is 8.46. The number of nitrogens with one attached hydrogen (secondary N) is 2. The molecular weight excluding hydrogens is 499 g/mol. The lowest BCUT2D eigenvalue weighted by Crippen LogP contribution is -2.51. The van der Waals surface area contributed by atoms with E-state index < -0.39 is 0 Å². The van der Waals surface area contributed by atoms with E-state index in [1.165, 1.54) is 0 Å². The summed E-state index contributed by atoms with van der Waals surface area (Å²) < 4.78 is 3.79. The van der Waals surface area contributed by atoms with E-state index in [0.29, 0.717) is 11.1 Å². The van der Waals surface area contributed by atoms with E-state index in [1.807, 2.05) is 64.1 Å². The van der Waals surface area contributed by atoms with Gasteiger partial charge in [0.1, 0.15) is 34.9 Å². The van der Waals surface area contributed by atoms with Crippen molar-refractivity contribution in [3.05, 3.63) is 82.9 Å². The van der Waals surface area contributed by atoms with Crippen LogP contribution in [0.1, 0.15) is 48.8 Å². The van der Waals surface area contributed by atoms with Crippen LogP contribution in [0.25, 0.3) is 27.5 Å². The molecule has 0 unspecified atom stereocenters. The number of imidazole rings is 1. The molecule has 1 fully saturated rings. The highest BCUT2D eigenvalue weighted by atomic mass is 16.2. The van der Waals surface area contributed by atoms with Crippen molar-refractivity contribution in [2.75, 3.05) is 0 Å². The van der Waals surface area contributed by atoms with E-state index in [-0.39, 0.29) is 28.2 Å². The number of carbonyl (C=O) groups is 1. The fourth-order valence-corrected chi connectivity index (χ4v) is 5.93. The van der Waals surface area contributed by atoms with Crippen LogP contribution in [0.5, 0.6) is 0 Å². The molecule has 0 spiro atoms. The Hall–Kier alpha value is -4.08. The van der Waals surface area contributed by atoms with Crippen LogP contribution >= 0.6 is 0 Å². The summed E-state index contributed by atoms with van der Waals surface area (Å²) in [6, 6.07) is 11.7. The summed E-state index contributed by atoms with van der Waals surface area (Å²) >= 11 is 0. The Morgan fingerprint density at radius 2 is 1.93 bits per heavy atom. The van der Waals surface area contributed by atoms with Gasteiger partial charge in [0.2, 0.25) is 0 Å². The van der Waals surface area contributed by atoms with Crippen LogP contribution in [0.4, 0.5) is 0 Å². The zero-order chi connectivity index (χ0) is 28.1. The molecular formula is C28H32B3N7O2. The number of aromatic nitrogens is 6. The van der Waals surface area contributed by atoms with Gasteiger partial charge in [-0.2, -0.15) is 10.2 Å². The molecule has 0 aliphatic heterocycles. The monoisotopic (exact) mass is 531 g/mol. The SMILES string of the molecule is BC(B)(B)n1cc(-c2ccn3c(C(=O)N[C@H]4C[C@](CC)(CCc5n[nH]c(=O)c6ccccc56)C4)cnc3c2)cn1. The number of pyridine rings is 1. The van der Waals surface area contributed by atoms with Crippen molar-refractivity contribution in [3.63, 3.8) is 0 Å². The van der Waals surface area contributed by atoms with Gasteiger partial charge in [-0.3, -0.25) is 18.7 Å². The molecule has 9 nitrogen and oxygen atoms in total. The average molecular weight is 531 g/mol. The van der Waals surface area contributed by atoms with Gasteiger partial charge in [0, 0.05) is 29.4 Å². The lowest BCUT2D eigenvalue weighted by Gasteiger charge is -2.48. The van der Waals surface area contributed by atoms with Crippen molar-refractivity contribution in [1.82, 2.24) is 34.7 Å². The van der Waals surface area contributed by atoms with Crippen molar-refractivity contribution >= 4 is 45.9 Å². The number of aromatic amines is 1. The van der Waals surface area contributed by atoms with Gasteiger partial charge in [0.05, 0.1) is 23.5 Å². The maximum absolute atomic E-state index is 13.2. The summed E-state index contributed by atoms with van der Waals surface area (Å²) in [5, 5.41) is 16.2. The standard InChI is InChI=1S/C28H32B3N7O2/c1-2-27(9-7-22-20-5-3-4-6-21(20)25(39)36-35-22)12-19(13-27)34-26(40)23-15-32-24-11-17(8-10-37(23)24)18-14-33-38(16-18)28(29,30)31/h3-6,8,10-11,14-16,19H,2,7,9,12-13,29-31H2,1H3,(H,34,40)(H,36,39)/t19-,27-. The summed E-state index contributed by atoms with van der Waals surface area (Å²) in [6.45, 7) is 2.21. The van der Waals surface area contributed by atoms with Crippen LogP contribution < -0.4 is 10.9 Å². The number of hydrogen-bond acceptors (Lipinski definition) is 5. The fourth-order valence-electron chi connectivity index (χ4n) is 5.93. The predicted octanol–water partition coefficient (Wildman–Crippen LogP) is 0.823. The third kappa shape index (κ3) is 4.76. The van der Waals surface area contributed by atoms with Gasteiger partial charge in [-0.15, -0.1) is 0 Å². The second-order valence-corrected chi connectivity index (χ2v) is 12.1. The molecule has 1 amide bonds. The topological polar surface area (TPSA) is 110 Å². The molecule has 4 aromatic heterocycles. The second kappa shape index (κ2) is 9.84. The van der Waals surface area contributed by atoms with Gasteiger partial charge in [-0.25, -0.2) is 10.1 Å². The van der Waals surface area contributed by atoms with Crippen molar-refractivity contribution in [2.24, 2.45) is 5.41 Å². The number of benzene rings is 1. The van der Waals surface area contributed by atoms with Crippen LogP contribution in [0, 0.1) is 5.41 Å². The lowest BCUT2D eigenvalue weighted by molar-refractivity contribution is 0.0568. The molecule has 5 aromatic rings. The fraction of sp³-hybridized carbons (Fsp3) is 0.321. The van der Waals surface area contributed by atoms with Crippen molar-refractivity contribution in [3.8, 4) is 11.1 Å². The Labute approximate surface area is 235 Å². The highest BCUT2D eigenvalue weighted by Gasteiger charge is 2.43. The Morgan fingerprint density at radius 3 is 2.65 bits per heavy atom. The van der Waals surface area contributed by atoms with Gasteiger partial charge in [-0.05, 0) is 60.1 Å². The molecule has 0 atom stereocenters. The van der Waals surface area contributed by atoms with E-state index in [2.05, 4.69) is 56.1 Å². The molecule has 4 heterocycles. The summed E-state index contributed by atoms with van der Waals surface area (Å²) in [5.41, 5.74) is 4.21.